The molecule has 2 aliphatic heterocycles. The number of aromatic amines is 1. The van der Waals surface area contributed by atoms with Gasteiger partial charge < -0.3 is 32.3 Å². The number of aromatic hydroxyl groups is 1. The summed E-state index contributed by atoms with van der Waals surface area (Å²) in [4.78, 5) is 6.22. The fourth-order valence-electron chi connectivity index (χ4n) is 7.57. The minimum Gasteiger partial charge on any atom is -1.00 e. The van der Waals surface area contributed by atoms with Gasteiger partial charge in [-0.3, -0.25) is 4.90 Å². The maximum atomic E-state index is 12.7. The number of likely N-dealkylation sites (tertiary alicyclic amines) is 1. The van der Waals surface area contributed by atoms with Crippen molar-refractivity contribution in [3.8, 4) is 11.5 Å². The highest BCUT2D eigenvalue weighted by Gasteiger charge is 2.72. The van der Waals surface area contributed by atoms with E-state index in [0.29, 0.717) is 12.2 Å². The number of H-pyrrole nitrogens is 1. The van der Waals surface area contributed by atoms with Gasteiger partial charge in [-0.2, -0.15) is 0 Å². The number of rotatable bonds is 2. The molecule has 1 saturated heterocycles. The number of piperidine rings is 1. The number of halogens is 1. The molecule has 0 amide bonds. The molecule has 1 aromatic heterocycles. The molecule has 8 rings (SSSR count). The van der Waals surface area contributed by atoms with E-state index >= 15 is 0 Å². The number of fused-ring (bicyclic) bond motifs is 4. The van der Waals surface area contributed by atoms with Crippen LogP contribution in [-0.2, 0) is 18.3 Å². The first-order valence-electron chi connectivity index (χ1n) is 11.7. The van der Waals surface area contributed by atoms with Crippen molar-refractivity contribution in [1.29, 1.82) is 0 Å². The quantitative estimate of drug-likeness (QED) is 0.535. The van der Waals surface area contributed by atoms with E-state index in [-0.39, 0.29) is 30.3 Å². The smallest absolute Gasteiger partial charge is 0.166 e. The molecule has 2 bridgehead atoms. The first-order valence-corrected chi connectivity index (χ1v) is 11.7. The van der Waals surface area contributed by atoms with Crippen LogP contribution in [0.3, 0.4) is 0 Å². The predicted octanol–water partition coefficient (Wildman–Crippen LogP) is 0.577. The Bertz CT molecular complexity index is 1280. The van der Waals surface area contributed by atoms with E-state index in [1.54, 1.807) is 6.07 Å². The fourth-order valence-corrected chi connectivity index (χ4v) is 7.57. The Morgan fingerprint density at radius 1 is 1.16 bits per heavy atom. The van der Waals surface area contributed by atoms with Gasteiger partial charge >= 0.3 is 0 Å². The van der Waals surface area contributed by atoms with E-state index in [0.717, 1.165) is 48.6 Å². The molecular formula is C26H26ClN2O3-. The lowest BCUT2D eigenvalue weighted by Crippen LogP contribution is -3.00. The van der Waals surface area contributed by atoms with Crippen molar-refractivity contribution >= 4 is 10.9 Å². The molecule has 3 aliphatic carbocycles. The number of benzene rings is 2. The molecule has 3 heterocycles. The van der Waals surface area contributed by atoms with Crippen LogP contribution in [0.2, 0.25) is 0 Å². The number of aromatic nitrogens is 1. The van der Waals surface area contributed by atoms with Crippen molar-refractivity contribution in [3.05, 3.63) is 58.8 Å². The maximum Gasteiger partial charge on any atom is 0.166 e. The lowest BCUT2D eigenvalue weighted by molar-refractivity contribution is -0.173. The maximum absolute atomic E-state index is 12.7. The highest BCUT2D eigenvalue weighted by atomic mass is 35.5. The summed E-state index contributed by atoms with van der Waals surface area (Å²) in [6.07, 6.45) is 4.66. The number of aliphatic hydroxyl groups is 1. The molecule has 3 aromatic rings. The van der Waals surface area contributed by atoms with E-state index in [4.69, 9.17) is 4.74 Å². The first-order chi connectivity index (χ1) is 15.1. The van der Waals surface area contributed by atoms with Crippen LogP contribution >= 0.6 is 0 Å². The number of ether oxygens (including phenoxy) is 1. The summed E-state index contributed by atoms with van der Waals surface area (Å²) in [5.74, 6) is 1.58. The zero-order chi connectivity index (χ0) is 20.5. The highest BCUT2D eigenvalue weighted by Crippen LogP contribution is 2.69. The van der Waals surface area contributed by atoms with Gasteiger partial charge in [-0.25, -0.2) is 0 Å². The lowest BCUT2D eigenvalue weighted by atomic mass is 9.49. The molecule has 3 N–H and O–H groups in total. The molecule has 0 radical (unpaired) electrons. The van der Waals surface area contributed by atoms with E-state index < -0.39 is 11.0 Å². The second-order valence-corrected chi connectivity index (χ2v) is 10.5. The molecule has 1 spiro atoms. The average Bonchev–Trinajstić information content (AvgIpc) is 3.40. The van der Waals surface area contributed by atoms with E-state index in [1.807, 2.05) is 6.07 Å². The molecule has 2 aromatic carbocycles. The Hall–Kier alpha value is -2.21. The molecule has 4 atom stereocenters. The minimum absolute atomic E-state index is 0. The van der Waals surface area contributed by atoms with Crippen molar-refractivity contribution in [2.75, 3.05) is 13.1 Å². The summed E-state index contributed by atoms with van der Waals surface area (Å²) < 4.78 is 6.60. The Morgan fingerprint density at radius 2 is 2.00 bits per heavy atom. The van der Waals surface area contributed by atoms with Crippen molar-refractivity contribution < 1.29 is 27.4 Å². The summed E-state index contributed by atoms with van der Waals surface area (Å²) in [7, 11) is 0. The second kappa shape index (κ2) is 6.02. The van der Waals surface area contributed by atoms with Crippen LogP contribution in [0.1, 0.15) is 47.8 Å². The number of phenolic OH excluding ortho intramolecular Hbond substituents is 1. The normalized spacial score (nSPS) is 33.9. The van der Waals surface area contributed by atoms with Crippen LogP contribution in [0.5, 0.6) is 11.5 Å². The Morgan fingerprint density at radius 3 is 2.84 bits per heavy atom. The Kier molecular flexibility index (Phi) is 3.62. The van der Waals surface area contributed by atoms with Crippen LogP contribution in [0.25, 0.3) is 10.9 Å². The largest absolute Gasteiger partial charge is 1.00 e. The molecule has 5 nitrogen and oxygen atoms in total. The lowest BCUT2D eigenvalue weighted by Gasteiger charge is -2.62. The SMILES string of the molecule is Oc1ccc2c3c1O[C@H]1c4[nH]c5ccccc5c4C[C@@]4(O)[C@@H](C2)N(CC2CC2)CC[C@]314.[Cl-]. The third-order valence-electron chi connectivity index (χ3n) is 9.07. The fraction of sp³-hybridized carbons (Fsp3) is 0.462. The summed E-state index contributed by atoms with van der Waals surface area (Å²) in [6, 6.07) is 12.3. The predicted molar refractivity (Wildman–Crippen MR) is 117 cm³/mol. The van der Waals surface area contributed by atoms with E-state index in [1.165, 1.54) is 29.4 Å². The van der Waals surface area contributed by atoms with Gasteiger partial charge in [-0.05, 0) is 61.4 Å². The van der Waals surface area contributed by atoms with Gasteiger partial charge in [-0.15, -0.1) is 0 Å². The molecule has 1 saturated carbocycles. The third-order valence-corrected chi connectivity index (χ3v) is 9.07. The molecular weight excluding hydrogens is 424 g/mol. The molecule has 166 valence electrons. The summed E-state index contributed by atoms with van der Waals surface area (Å²) >= 11 is 0. The van der Waals surface area contributed by atoms with Gasteiger partial charge in [0.2, 0.25) is 0 Å². The first kappa shape index (κ1) is 19.3. The van der Waals surface area contributed by atoms with Crippen molar-refractivity contribution in [3.63, 3.8) is 0 Å². The zero-order valence-corrected chi connectivity index (χ0v) is 18.5. The van der Waals surface area contributed by atoms with Crippen LogP contribution in [0.15, 0.2) is 36.4 Å². The van der Waals surface area contributed by atoms with Gasteiger partial charge in [0, 0.05) is 35.5 Å². The minimum atomic E-state index is -0.908. The molecule has 6 heteroatoms. The standard InChI is InChI=1S/C26H26N2O3.ClH/c29-19-8-7-15-11-20-26(30)12-17-16-3-1-2-4-18(16)27-22(17)24-25(26,21(15)23(19)31-24)9-10-28(20)13-14-5-6-14;/h1-4,7-8,14,20,24,27,29-30H,5-6,9-13H2;1H/p-1/t20-,24+,25+,26-;/m1./s1. The van der Waals surface area contributed by atoms with Crippen molar-refractivity contribution in [2.24, 2.45) is 5.92 Å². The number of nitrogens with zero attached hydrogens (tertiary/aromatic N) is 1. The Labute approximate surface area is 192 Å². The number of para-hydroxylation sites is 1. The monoisotopic (exact) mass is 449 g/mol. The summed E-state index contributed by atoms with van der Waals surface area (Å²) in [5, 5.41) is 24.6. The number of hydrogen-bond donors (Lipinski definition) is 3. The second-order valence-electron chi connectivity index (χ2n) is 10.5. The topological polar surface area (TPSA) is 68.7 Å². The van der Waals surface area contributed by atoms with Gasteiger partial charge in [0.25, 0.3) is 0 Å². The van der Waals surface area contributed by atoms with Crippen LogP contribution in [0.4, 0.5) is 0 Å². The molecule has 2 fully saturated rings. The summed E-state index contributed by atoms with van der Waals surface area (Å²) in [6.45, 7) is 2.07. The van der Waals surface area contributed by atoms with Crippen LogP contribution < -0.4 is 17.1 Å². The van der Waals surface area contributed by atoms with Gasteiger partial charge in [-0.1, -0.05) is 24.3 Å². The third kappa shape index (κ3) is 2.04. The van der Waals surface area contributed by atoms with Crippen molar-refractivity contribution in [1.82, 2.24) is 9.88 Å². The van der Waals surface area contributed by atoms with Gasteiger partial charge in [0.05, 0.1) is 16.7 Å². The zero-order valence-electron chi connectivity index (χ0n) is 17.8. The summed E-state index contributed by atoms with van der Waals surface area (Å²) in [5.41, 5.74) is 4.27. The number of phenols is 1. The molecule has 5 aliphatic rings. The van der Waals surface area contributed by atoms with Gasteiger partial charge in [0.15, 0.2) is 17.6 Å². The molecule has 0 unspecified atom stereocenters. The van der Waals surface area contributed by atoms with Crippen LogP contribution in [-0.4, -0.2) is 44.8 Å². The highest BCUT2D eigenvalue weighted by molar-refractivity contribution is 5.86. The van der Waals surface area contributed by atoms with Gasteiger partial charge in [0.1, 0.15) is 0 Å². The number of hydrogen-bond acceptors (Lipinski definition) is 4. The van der Waals surface area contributed by atoms with E-state index in [9.17, 15) is 10.2 Å². The Balaban J connectivity index is 0.00000180. The molecule has 32 heavy (non-hydrogen) atoms. The van der Waals surface area contributed by atoms with Crippen LogP contribution in [0, 0.1) is 5.92 Å². The number of nitrogens with one attached hydrogen (secondary N) is 1. The average molecular weight is 450 g/mol. The van der Waals surface area contributed by atoms with Crippen molar-refractivity contribution in [2.45, 2.75) is 55.3 Å². The van der Waals surface area contributed by atoms with E-state index in [2.05, 4.69) is 34.1 Å².